The lowest BCUT2D eigenvalue weighted by Gasteiger charge is -2.34. The van der Waals surface area contributed by atoms with Crippen molar-refractivity contribution in [2.24, 2.45) is 0 Å². The largest absolute Gasteiger partial charge is 0.393 e. The number of hydrogen-bond acceptors (Lipinski definition) is 7. The van der Waals surface area contributed by atoms with Crippen LogP contribution in [-0.2, 0) is 4.74 Å². The Kier molecular flexibility index (Phi) is 4.58. The van der Waals surface area contributed by atoms with Gasteiger partial charge >= 0.3 is 0 Å². The van der Waals surface area contributed by atoms with Gasteiger partial charge < -0.3 is 19.6 Å². The van der Waals surface area contributed by atoms with Gasteiger partial charge in [-0.2, -0.15) is 5.10 Å². The Balaban J connectivity index is 1.67. The summed E-state index contributed by atoms with van der Waals surface area (Å²) in [4.78, 5) is 14.2. The van der Waals surface area contributed by atoms with Crippen molar-refractivity contribution in [3.05, 3.63) is 30.6 Å². The van der Waals surface area contributed by atoms with Crippen LogP contribution in [0.25, 0.3) is 22.3 Å². The number of piperidine rings is 1. The third-order valence-corrected chi connectivity index (χ3v) is 5.59. The lowest BCUT2D eigenvalue weighted by atomic mass is 10.0. The SMILES string of the molecule is OC1CCN(c2cc(N3CCOCC3)nc3c(-c4ccn[nH]4)nccc23)CC1. The first kappa shape index (κ1) is 17.4. The summed E-state index contributed by atoms with van der Waals surface area (Å²) in [5, 5.41) is 18.1. The third-order valence-electron chi connectivity index (χ3n) is 5.59. The Morgan fingerprint density at radius 1 is 1.04 bits per heavy atom. The van der Waals surface area contributed by atoms with Crippen molar-refractivity contribution >= 4 is 22.4 Å². The van der Waals surface area contributed by atoms with E-state index in [1.165, 1.54) is 0 Å². The average molecular weight is 380 g/mol. The monoisotopic (exact) mass is 380 g/mol. The highest BCUT2D eigenvalue weighted by Gasteiger charge is 2.23. The molecule has 8 heteroatoms. The minimum Gasteiger partial charge on any atom is -0.393 e. The predicted octanol–water partition coefficient (Wildman–Crippen LogP) is 1.82. The van der Waals surface area contributed by atoms with Gasteiger partial charge in [0, 0.05) is 55.7 Å². The fraction of sp³-hybridized carbons (Fsp3) is 0.450. The number of pyridine rings is 2. The van der Waals surface area contributed by atoms with Crippen molar-refractivity contribution in [2.45, 2.75) is 18.9 Å². The van der Waals surface area contributed by atoms with Crippen LogP contribution in [0.3, 0.4) is 0 Å². The summed E-state index contributed by atoms with van der Waals surface area (Å²) in [5.74, 6) is 0.950. The second-order valence-corrected chi connectivity index (χ2v) is 7.34. The van der Waals surface area contributed by atoms with E-state index in [1.807, 2.05) is 18.3 Å². The van der Waals surface area contributed by atoms with Crippen molar-refractivity contribution in [3.63, 3.8) is 0 Å². The summed E-state index contributed by atoms with van der Waals surface area (Å²) in [6.45, 7) is 4.76. The van der Waals surface area contributed by atoms with E-state index in [2.05, 4.69) is 31.0 Å². The van der Waals surface area contributed by atoms with Gasteiger partial charge in [-0.15, -0.1) is 0 Å². The maximum absolute atomic E-state index is 9.93. The molecule has 2 fully saturated rings. The van der Waals surface area contributed by atoms with Crippen LogP contribution in [0.15, 0.2) is 30.6 Å². The average Bonchev–Trinajstić information content (AvgIpc) is 3.28. The highest BCUT2D eigenvalue weighted by atomic mass is 16.5. The first-order valence-corrected chi connectivity index (χ1v) is 9.85. The Bertz CT molecular complexity index is 947. The molecule has 0 bridgehead atoms. The zero-order valence-electron chi connectivity index (χ0n) is 15.7. The summed E-state index contributed by atoms with van der Waals surface area (Å²) in [7, 11) is 0. The fourth-order valence-electron chi connectivity index (χ4n) is 4.03. The lowest BCUT2D eigenvalue weighted by Crippen LogP contribution is -2.38. The molecule has 2 saturated heterocycles. The molecule has 3 aromatic heterocycles. The molecule has 0 atom stereocenters. The lowest BCUT2D eigenvalue weighted by molar-refractivity contribution is 0.122. The third kappa shape index (κ3) is 3.18. The molecule has 5 rings (SSSR count). The summed E-state index contributed by atoms with van der Waals surface area (Å²) in [6, 6.07) is 6.13. The molecule has 3 aromatic rings. The molecule has 5 heterocycles. The van der Waals surface area contributed by atoms with Gasteiger partial charge in [-0.3, -0.25) is 10.1 Å². The number of aromatic amines is 1. The number of aliphatic hydroxyl groups excluding tert-OH is 1. The normalized spacial score (nSPS) is 18.8. The number of morpholine rings is 1. The molecule has 0 radical (unpaired) electrons. The van der Waals surface area contributed by atoms with Crippen molar-refractivity contribution in [1.29, 1.82) is 0 Å². The first-order valence-electron chi connectivity index (χ1n) is 9.85. The highest BCUT2D eigenvalue weighted by molar-refractivity contribution is 6.00. The van der Waals surface area contributed by atoms with Gasteiger partial charge in [0.15, 0.2) is 0 Å². The van der Waals surface area contributed by atoms with Gasteiger partial charge in [0.2, 0.25) is 0 Å². The van der Waals surface area contributed by atoms with E-state index in [0.717, 1.165) is 72.8 Å². The number of anilines is 2. The van der Waals surface area contributed by atoms with Gasteiger partial charge in [-0.1, -0.05) is 0 Å². The Labute approximate surface area is 163 Å². The van der Waals surface area contributed by atoms with Crippen LogP contribution in [-0.4, -0.2) is 70.8 Å². The molecule has 0 unspecified atom stereocenters. The second-order valence-electron chi connectivity index (χ2n) is 7.34. The van der Waals surface area contributed by atoms with Crippen LogP contribution in [0.5, 0.6) is 0 Å². The molecule has 146 valence electrons. The van der Waals surface area contributed by atoms with E-state index < -0.39 is 0 Å². The van der Waals surface area contributed by atoms with Crippen molar-refractivity contribution < 1.29 is 9.84 Å². The molecule has 0 amide bonds. The number of rotatable bonds is 3. The zero-order chi connectivity index (χ0) is 18.9. The first-order chi connectivity index (χ1) is 13.8. The number of H-pyrrole nitrogens is 1. The Morgan fingerprint density at radius 3 is 2.61 bits per heavy atom. The Hall–Kier alpha value is -2.71. The molecule has 2 aliphatic rings. The zero-order valence-corrected chi connectivity index (χ0v) is 15.7. The van der Waals surface area contributed by atoms with Crippen molar-refractivity contribution in [3.8, 4) is 11.4 Å². The van der Waals surface area contributed by atoms with E-state index in [1.54, 1.807) is 6.20 Å². The highest BCUT2D eigenvalue weighted by Crippen LogP contribution is 2.35. The topological polar surface area (TPSA) is 90.4 Å². The number of fused-ring (bicyclic) bond motifs is 1. The standard InChI is InChI=1S/C20H24N6O2/c27-14-3-7-25(8-4-14)17-13-18(26-9-11-28-12-10-26)23-19-15(17)1-5-21-20(19)16-2-6-22-24-16/h1-2,5-6,13-14,27H,3-4,7-12H2,(H,22,24). The molecule has 2 aliphatic heterocycles. The molecular weight excluding hydrogens is 356 g/mol. The molecule has 0 saturated carbocycles. The number of hydrogen-bond donors (Lipinski definition) is 2. The summed E-state index contributed by atoms with van der Waals surface area (Å²) < 4.78 is 5.52. The predicted molar refractivity (Wildman–Crippen MR) is 108 cm³/mol. The quantitative estimate of drug-likeness (QED) is 0.716. The molecule has 28 heavy (non-hydrogen) atoms. The molecule has 0 aromatic carbocycles. The molecule has 0 aliphatic carbocycles. The fourth-order valence-corrected chi connectivity index (χ4v) is 4.03. The van der Waals surface area contributed by atoms with Gasteiger partial charge in [0.05, 0.1) is 25.0 Å². The van der Waals surface area contributed by atoms with E-state index >= 15 is 0 Å². The number of nitrogens with one attached hydrogen (secondary N) is 1. The van der Waals surface area contributed by atoms with Gasteiger partial charge in [-0.25, -0.2) is 4.98 Å². The van der Waals surface area contributed by atoms with E-state index in [0.29, 0.717) is 13.2 Å². The number of aliphatic hydroxyl groups is 1. The van der Waals surface area contributed by atoms with E-state index in [-0.39, 0.29) is 6.10 Å². The maximum Gasteiger partial charge on any atom is 0.131 e. The summed E-state index contributed by atoms with van der Waals surface area (Å²) in [5.41, 5.74) is 3.69. The number of nitrogens with zero attached hydrogens (tertiary/aromatic N) is 5. The van der Waals surface area contributed by atoms with Crippen LogP contribution in [0.1, 0.15) is 12.8 Å². The van der Waals surface area contributed by atoms with Crippen molar-refractivity contribution in [1.82, 2.24) is 20.2 Å². The molecule has 8 nitrogen and oxygen atoms in total. The summed E-state index contributed by atoms with van der Waals surface area (Å²) >= 11 is 0. The van der Waals surface area contributed by atoms with Crippen LogP contribution >= 0.6 is 0 Å². The van der Waals surface area contributed by atoms with Gasteiger partial charge in [-0.05, 0) is 25.0 Å². The van der Waals surface area contributed by atoms with Crippen LogP contribution in [0.2, 0.25) is 0 Å². The maximum atomic E-state index is 9.93. The van der Waals surface area contributed by atoms with Gasteiger partial charge in [0.1, 0.15) is 17.0 Å². The van der Waals surface area contributed by atoms with Crippen LogP contribution in [0, 0.1) is 0 Å². The number of ether oxygens (including phenoxy) is 1. The minimum atomic E-state index is -0.203. The van der Waals surface area contributed by atoms with E-state index in [4.69, 9.17) is 9.72 Å². The van der Waals surface area contributed by atoms with Crippen molar-refractivity contribution in [2.75, 3.05) is 49.2 Å². The Morgan fingerprint density at radius 2 is 1.86 bits per heavy atom. The molecule has 2 N–H and O–H groups in total. The minimum absolute atomic E-state index is 0.203. The second kappa shape index (κ2) is 7.37. The smallest absolute Gasteiger partial charge is 0.131 e. The molecule has 0 spiro atoms. The number of aromatic nitrogens is 4. The van der Waals surface area contributed by atoms with Gasteiger partial charge in [0.25, 0.3) is 0 Å². The summed E-state index contributed by atoms with van der Waals surface area (Å²) in [6.07, 6.45) is 4.93. The molecular formula is C20H24N6O2. The van der Waals surface area contributed by atoms with Crippen LogP contribution in [0.4, 0.5) is 11.5 Å². The van der Waals surface area contributed by atoms with E-state index in [9.17, 15) is 5.11 Å². The van der Waals surface area contributed by atoms with Crippen LogP contribution < -0.4 is 9.80 Å².